The van der Waals surface area contributed by atoms with E-state index < -0.39 is 24.3 Å². The second-order valence-electron chi connectivity index (χ2n) is 7.41. The third-order valence-corrected chi connectivity index (χ3v) is 5.53. The maximum Gasteiger partial charge on any atom is 0.319 e. The highest BCUT2D eigenvalue weighted by molar-refractivity contribution is 5.89. The van der Waals surface area contributed by atoms with Crippen LogP contribution < -0.4 is 20.1 Å². The minimum atomic E-state index is -0.782. The summed E-state index contributed by atoms with van der Waals surface area (Å²) in [5.41, 5.74) is 0.534. The number of hydrogen-bond acceptors (Lipinski definition) is 7. The van der Waals surface area contributed by atoms with Gasteiger partial charge in [-0.3, -0.25) is 4.90 Å². The van der Waals surface area contributed by atoms with E-state index in [2.05, 4.69) is 15.5 Å². The number of anilines is 1. The van der Waals surface area contributed by atoms with E-state index in [1.54, 1.807) is 32.4 Å². The summed E-state index contributed by atoms with van der Waals surface area (Å²) in [6, 6.07) is 4.45. The molecule has 0 unspecified atom stereocenters. The van der Waals surface area contributed by atoms with Gasteiger partial charge in [0.15, 0.2) is 0 Å². The number of likely N-dealkylation sites (tertiary alicyclic amines) is 1. The fraction of sp³-hybridized carbons (Fsp3) is 0.650. The number of amides is 2. The van der Waals surface area contributed by atoms with Crippen molar-refractivity contribution in [3.05, 3.63) is 18.2 Å². The maximum atomic E-state index is 12.4. The van der Waals surface area contributed by atoms with E-state index >= 15 is 0 Å². The predicted octanol–water partition coefficient (Wildman–Crippen LogP) is 1.22. The first-order chi connectivity index (χ1) is 14.0. The Labute approximate surface area is 183 Å². The molecule has 0 spiro atoms. The largest absolute Gasteiger partial charge is 0.497 e. The van der Waals surface area contributed by atoms with E-state index in [9.17, 15) is 15.0 Å². The number of nitrogens with one attached hydrogen (secondary N) is 2. The molecule has 30 heavy (non-hydrogen) atoms. The molecule has 2 aliphatic rings. The average molecular weight is 446 g/mol. The minimum absolute atomic E-state index is 0. The quantitative estimate of drug-likeness (QED) is 0.499. The number of methoxy groups -OCH3 is 2. The number of benzene rings is 1. The predicted molar refractivity (Wildman–Crippen MR) is 115 cm³/mol. The lowest BCUT2D eigenvalue weighted by Gasteiger charge is -2.36. The molecular formula is C20H32ClN3O6. The number of hydrogen-bond donors (Lipinski definition) is 4. The van der Waals surface area contributed by atoms with E-state index in [-0.39, 0.29) is 31.6 Å². The van der Waals surface area contributed by atoms with Crippen LogP contribution in [0.25, 0.3) is 0 Å². The molecule has 4 N–H and O–H groups in total. The lowest BCUT2D eigenvalue weighted by molar-refractivity contribution is -0.0205. The molecule has 10 heteroatoms. The third-order valence-electron chi connectivity index (χ3n) is 5.53. The Morgan fingerprint density at radius 2 is 1.77 bits per heavy atom. The normalized spacial score (nSPS) is 26.5. The van der Waals surface area contributed by atoms with Gasteiger partial charge in [-0.1, -0.05) is 6.42 Å². The van der Waals surface area contributed by atoms with Crippen molar-refractivity contribution < 1.29 is 29.2 Å². The molecule has 170 valence electrons. The molecule has 2 saturated heterocycles. The monoisotopic (exact) mass is 445 g/mol. The van der Waals surface area contributed by atoms with E-state index in [0.717, 1.165) is 25.9 Å². The first-order valence-electron chi connectivity index (χ1n) is 10.0. The lowest BCUT2D eigenvalue weighted by atomic mass is 9.99. The fourth-order valence-corrected chi connectivity index (χ4v) is 4.06. The lowest BCUT2D eigenvalue weighted by Crippen LogP contribution is -2.52. The first-order valence-corrected chi connectivity index (χ1v) is 10.0. The van der Waals surface area contributed by atoms with Gasteiger partial charge in [0.25, 0.3) is 0 Å². The smallest absolute Gasteiger partial charge is 0.319 e. The van der Waals surface area contributed by atoms with Gasteiger partial charge < -0.3 is 35.1 Å². The number of carbonyl (C=O) groups excluding carboxylic acids is 1. The Hall–Kier alpha value is -1.78. The summed E-state index contributed by atoms with van der Waals surface area (Å²) in [5, 5.41) is 25.7. The van der Waals surface area contributed by atoms with Crippen molar-refractivity contribution in [3.63, 3.8) is 0 Å². The standard InChI is InChI=1S/C20H31N3O6.ClH/c1-27-14-8-13(9-15(10-14)28-2)22-20(26)21-11-16-18(19(25)17(12-24)29-16)23-6-4-3-5-7-23;/h8-10,16-19,24-25H,3-7,11-12H2,1-2H3,(H2,21,22,26);1H/t16-,17+,18+,19-;/m1./s1. The number of piperidine rings is 1. The molecule has 9 nitrogen and oxygen atoms in total. The van der Waals surface area contributed by atoms with Crippen LogP contribution in [0.15, 0.2) is 18.2 Å². The average Bonchev–Trinajstić information content (AvgIpc) is 3.07. The molecule has 2 fully saturated rings. The van der Waals surface area contributed by atoms with Crippen molar-refractivity contribution in [1.82, 2.24) is 10.2 Å². The van der Waals surface area contributed by atoms with Gasteiger partial charge in [-0.2, -0.15) is 0 Å². The Kier molecular flexibility index (Phi) is 9.44. The van der Waals surface area contributed by atoms with Crippen LogP contribution in [-0.4, -0.2) is 86.0 Å². The summed E-state index contributed by atoms with van der Waals surface area (Å²) < 4.78 is 16.3. The molecule has 2 heterocycles. The van der Waals surface area contributed by atoms with Gasteiger partial charge >= 0.3 is 6.03 Å². The second-order valence-corrected chi connectivity index (χ2v) is 7.41. The zero-order valence-corrected chi connectivity index (χ0v) is 18.2. The van der Waals surface area contributed by atoms with Gasteiger partial charge in [0.1, 0.15) is 23.7 Å². The molecule has 2 amide bonds. The minimum Gasteiger partial charge on any atom is -0.497 e. The summed E-state index contributed by atoms with van der Waals surface area (Å²) in [4.78, 5) is 14.6. The molecule has 1 aromatic rings. The summed E-state index contributed by atoms with van der Waals surface area (Å²) in [7, 11) is 3.08. The van der Waals surface area contributed by atoms with Gasteiger partial charge in [0.05, 0.1) is 33.0 Å². The fourth-order valence-electron chi connectivity index (χ4n) is 4.06. The van der Waals surface area contributed by atoms with Gasteiger partial charge in [-0.25, -0.2) is 4.79 Å². The van der Waals surface area contributed by atoms with Crippen LogP contribution in [0.2, 0.25) is 0 Å². The van der Waals surface area contributed by atoms with Crippen LogP contribution in [0.1, 0.15) is 19.3 Å². The van der Waals surface area contributed by atoms with Crippen LogP contribution >= 0.6 is 12.4 Å². The summed E-state index contributed by atoms with van der Waals surface area (Å²) in [6.07, 6.45) is 1.51. The summed E-state index contributed by atoms with van der Waals surface area (Å²) in [6.45, 7) is 1.74. The molecule has 0 aliphatic carbocycles. The summed E-state index contributed by atoms with van der Waals surface area (Å²) in [5.74, 6) is 1.13. The molecule has 0 radical (unpaired) electrons. The van der Waals surface area contributed by atoms with E-state index in [4.69, 9.17) is 14.2 Å². The molecular weight excluding hydrogens is 414 g/mol. The number of nitrogens with zero attached hydrogens (tertiary/aromatic N) is 1. The molecule has 0 bridgehead atoms. The van der Waals surface area contributed by atoms with Crippen molar-refractivity contribution >= 4 is 24.1 Å². The zero-order chi connectivity index (χ0) is 20.8. The third kappa shape index (κ3) is 5.89. The van der Waals surface area contributed by atoms with Gasteiger partial charge in [-0.05, 0) is 25.9 Å². The molecule has 0 saturated carbocycles. The number of ether oxygens (including phenoxy) is 3. The highest BCUT2D eigenvalue weighted by Crippen LogP contribution is 2.28. The Balaban J connectivity index is 0.00000320. The molecule has 1 aromatic carbocycles. The Morgan fingerprint density at radius 1 is 1.13 bits per heavy atom. The topological polar surface area (TPSA) is 113 Å². The number of halogens is 1. The van der Waals surface area contributed by atoms with Crippen LogP contribution in [-0.2, 0) is 4.74 Å². The number of urea groups is 1. The van der Waals surface area contributed by atoms with Crippen LogP contribution in [0, 0.1) is 0 Å². The maximum absolute atomic E-state index is 12.4. The second kappa shape index (κ2) is 11.6. The number of aliphatic hydroxyl groups is 2. The van der Waals surface area contributed by atoms with Crippen LogP contribution in [0.3, 0.4) is 0 Å². The van der Waals surface area contributed by atoms with E-state index in [1.807, 2.05) is 0 Å². The van der Waals surface area contributed by atoms with Gasteiger partial charge in [-0.15, -0.1) is 12.4 Å². The van der Waals surface area contributed by atoms with Crippen molar-refractivity contribution in [2.75, 3.05) is 45.8 Å². The van der Waals surface area contributed by atoms with Gasteiger partial charge in [0.2, 0.25) is 0 Å². The molecule has 4 atom stereocenters. The van der Waals surface area contributed by atoms with Crippen molar-refractivity contribution in [1.29, 1.82) is 0 Å². The number of aliphatic hydroxyl groups excluding tert-OH is 2. The Bertz CT molecular complexity index is 666. The molecule has 3 rings (SSSR count). The molecule has 2 aliphatic heterocycles. The number of rotatable bonds is 7. The van der Waals surface area contributed by atoms with Crippen molar-refractivity contribution in [2.45, 2.75) is 43.6 Å². The van der Waals surface area contributed by atoms with Gasteiger partial charge in [0, 0.05) is 30.4 Å². The van der Waals surface area contributed by atoms with Crippen LogP contribution in [0.5, 0.6) is 11.5 Å². The van der Waals surface area contributed by atoms with Crippen LogP contribution in [0.4, 0.5) is 10.5 Å². The summed E-state index contributed by atoms with van der Waals surface area (Å²) >= 11 is 0. The van der Waals surface area contributed by atoms with Crippen molar-refractivity contribution in [3.8, 4) is 11.5 Å². The Morgan fingerprint density at radius 3 is 2.33 bits per heavy atom. The SMILES string of the molecule is COc1cc(NC(=O)NC[C@H]2O[C@@H](CO)[C@@H](O)[C@H]2N2CCCCC2)cc(OC)c1.Cl. The first kappa shape index (κ1) is 24.5. The molecule has 0 aromatic heterocycles. The van der Waals surface area contributed by atoms with Crippen molar-refractivity contribution in [2.24, 2.45) is 0 Å². The van der Waals surface area contributed by atoms with E-state index in [0.29, 0.717) is 17.2 Å². The highest BCUT2D eigenvalue weighted by atomic mass is 35.5. The zero-order valence-electron chi connectivity index (χ0n) is 17.4. The highest BCUT2D eigenvalue weighted by Gasteiger charge is 2.46. The van der Waals surface area contributed by atoms with E-state index in [1.165, 1.54) is 6.42 Å². The number of carbonyl (C=O) groups is 1.